The Hall–Kier alpha value is -1.69. The fraction of sp³-hybridized carbons (Fsp3) is 0.706. The molecule has 6 heteroatoms. The molecule has 1 saturated heterocycles. The zero-order valence-electron chi connectivity index (χ0n) is 14.9. The standard InChI is InChI=1S/C17H28N4O2/c1-12(2)14-10-15(19-17(18-14)13(3)4)20(5)11-16(22)21-6-8-23-9-7-21/h10,12-13H,6-9,11H2,1-5H3. The van der Waals surface area contributed by atoms with Crippen LogP contribution in [0.4, 0.5) is 5.82 Å². The topological polar surface area (TPSA) is 58.6 Å². The lowest BCUT2D eigenvalue weighted by molar-refractivity contribution is -0.133. The minimum Gasteiger partial charge on any atom is -0.378 e. The van der Waals surface area contributed by atoms with Gasteiger partial charge < -0.3 is 14.5 Å². The summed E-state index contributed by atoms with van der Waals surface area (Å²) in [5.74, 6) is 2.35. The monoisotopic (exact) mass is 320 g/mol. The van der Waals surface area contributed by atoms with E-state index in [9.17, 15) is 4.79 Å². The summed E-state index contributed by atoms with van der Waals surface area (Å²) < 4.78 is 5.30. The number of ether oxygens (including phenoxy) is 1. The summed E-state index contributed by atoms with van der Waals surface area (Å²) >= 11 is 0. The Labute approximate surface area is 138 Å². The number of carbonyl (C=O) groups is 1. The van der Waals surface area contributed by atoms with Crippen molar-refractivity contribution in [2.24, 2.45) is 0 Å². The second-order valence-electron chi connectivity index (χ2n) is 6.67. The van der Waals surface area contributed by atoms with Crippen LogP contribution in [0.1, 0.15) is 51.0 Å². The van der Waals surface area contributed by atoms with Crippen LogP contribution in [0.5, 0.6) is 0 Å². The molecule has 0 saturated carbocycles. The summed E-state index contributed by atoms with van der Waals surface area (Å²) in [7, 11) is 1.91. The number of aromatic nitrogens is 2. The fourth-order valence-electron chi connectivity index (χ4n) is 2.42. The molecule has 128 valence electrons. The molecule has 23 heavy (non-hydrogen) atoms. The largest absolute Gasteiger partial charge is 0.378 e. The van der Waals surface area contributed by atoms with Crippen LogP contribution in [0, 0.1) is 0 Å². The molecule has 0 unspecified atom stereocenters. The molecule has 1 aliphatic heterocycles. The maximum absolute atomic E-state index is 12.4. The van der Waals surface area contributed by atoms with Crippen molar-refractivity contribution in [3.63, 3.8) is 0 Å². The Kier molecular flexibility index (Phi) is 5.93. The molecular formula is C17H28N4O2. The first-order valence-electron chi connectivity index (χ1n) is 8.34. The fourth-order valence-corrected chi connectivity index (χ4v) is 2.42. The molecule has 0 atom stereocenters. The van der Waals surface area contributed by atoms with E-state index in [4.69, 9.17) is 4.74 Å². The number of amides is 1. The molecule has 1 aliphatic rings. The highest BCUT2D eigenvalue weighted by atomic mass is 16.5. The number of carbonyl (C=O) groups excluding carboxylic acids is 1. The average molecular weight is 320 g/mol. The zero-order chi connectivity index (χ0) is 17.0. The number of likely N-dealkylation sites (N-methyl/N-ethyl adjacent to an activating group) is 1. The molecule has 0 aliphatic carbocycles. The predicted octanol–water partition coefficient (Wildman–Crippen LogP) is 2.02. The summed E-state index contributed by atoms with van der Waals surface area (Å²) in [5, 5.41) is 0. The van der Waals surface area contributed by atoms with Gasteiger partial charge in [-0.05, 0) is 5.92 Å². The van der Waals surface area contributed by atoms with Crippen LogP contribution < -0.4 is 4.90 Å². The van der Waals surface area contributed by atoms with E-state index in [1.54, 1.807) is 0 Å². The van der Waals surface area contributed by atoms with Crippen molar-refractivity contribution in [1.82, 2.24) is 14.9 Å². The van der Waals surface area contributed by atoms with Gasteiger partial charge in [-0.2, -0.15) is 0 Å². The van der Waals surface area contributed by atoms with Crippen LogP contribution in [0.3, 0.4) is 0 Å². The number of anilines is 1. The van der Waals surface area contributed by atoms with Gasteiger partial charge in [0.05, 0.1) is 19.8 Å². The van der Waals surface area contributed by atoms with Crippen molar-refractivity contribution in [1.29, 1.82) is 0 Å². The first-order valence-corrected chi connectivity index (χ1v) is 8.34. The van der Waals surface area contributed by atoms with Crippen molar-refractivity contribution in [2.45, 2.75) is 39.5 Å². The molecule has 1 aromatic rings. The molecule has 2 heterocycles. The quantitative estimate of drug-likeness (QED) is 0.831. The highest BCUT2D eigenvalue weighted by molar-refractivity contribution is 5.81. The first kappa shape index (κ1) is 17.7. The van der Waals surface area contributed by atoms with Crippen molar-refractivity contribution in [3.8, 4) is 0 Å². The Bertz CT molecular complexity index is 513. The van der Waals surface area contributed by atoms with Crippen LogP contribution >= 0.6 is 0 Å². The summed E-state index contributed by atoms with van der Waals surface area (Å²) in [5.41, 5.74) is 1.02. The third-order valence-corrected chi connectivity index (χ3v) is 3.98. The lowest BCUT2D eigenvalue weighted by atomic mass is 10.1. The Morgan fingerprint density at radius 2 is 1.87 bits per heavy atom. The number of hydrogen-bond donors (Lipinski definition) is 0. The summed E-state index contributed by atoms with van der Waals surface area (Å²) in [6, 6.07) is 1.99. The van der Waals surface area contributed by atoms with E-state index >= 15 is 0 Å². The predicted molar refractivity (Wildman–Crippen MR) is 90.9 cm³/mol. The second kappa shape index (κ2) is 7.73. The molecule has 0 spiro atoms. The molecule has 0 N–H and O–H groups in total. The van der Waals surface area contributed by atoms with Gasteiger partial charge in [0.1, 0.15) is 11.6 Å². The van der Waals surface area contributed by atoms with E-state index in [1.807, 2.05) is 22.9 Å². The third-order valence-electron chi connectivity index (χ3n) is 3.98. The number of hydrogen-bond acceptors (Lipinski definition) is 5. The second-order valence-corrected chi connectivity index (χ2v) is 6.67. The molecule has 0 bridgehead atoms. The summed E-state index contributed by atoms with van der Waals surface area (Å²) in [4.78, 5) is 25.4. The highest BCUT2D eigenvalue weighted by Gasteiger charge is 2.20. The van der Waals surface area contributed by atoms with E-state index < -0.39 is 0 Å². The molecule has 6 nitrogen and oxygen atoms in total. The SMILES string of the molecule is CC(C)c1cc(N(C)CC(=O)N2CCOCC2)nc(C(C)C)n1. The number of nitrogens with zero attached hydrogens (tertiary/aromatic N) is 4. The lowest BCUT2D eigenvalue weighted by Crippen LogP contribution is -2.45. The van der Waals surface area contributed by atoms with E-state index in [-0.39, 0.29) is 11.8 Å². The van der Waals surface area contributed by atoms with Crippen molar-refractivity contribution < 1.29 is 9.53 Å². The van der Waals surface area contributed by atoms with Crippen LogP contribution in [0.25, 0.3) is 0 Å². The molecule has 2 rings (SSSR count). The van der Waals surface area contributed by atoms with E-state index in [0.717, 1.165) is 17.3 Å². The molecule has 1 amide bonds. The maximum atomic E-state index is 12.4. The normalized spacial score (nSPS) is 15.3. The van der Waals surface area contributed by atoms with Gasteiger partial charge in [0.2, 0.25) is 5.91 Å². The van der Waals surface area contributed by atoms with Gasteiger partial charge in [-0.3, -0.25) is 4.79 Å². The van der Waals surface area contributed by atoms with Crippen LogP contribution in [-0.2, 0) is 9.53 Å². The van der Waals surface area contributed by atoms with E-state index in [0.29, 0.717) is 38.8 Å². The van der Waals surface area contributed by atoms with Crippen molar-refractivity contribution in [2.75, 3.05) is 44.8 Å². The van der Waals surface area contributed by atoms with Gasteiger partial charge in [0.15, 0.2) is 0 Å². The molecule has 1 fully saturated rings. The first-order chi connectivity index (χ1) is 10.9. The summed E-state index contributed by atoms with van der Waals surface area (Å²) in [6.45, 7) is 11.3. The Morgan fingerprint density at radius 1 is 1.22 bits per heavy atom. The maximum Gasteiger partial charge on any atom is 0.242 e. The summed E-state index contributed by atoms with van der Waals surface area (Å²) in [6.07, 6.45) is 0. The van der Waals surface area contributed by atoms with Gasteiger partial charge in [-0.25, -0.2) is 9.97 Å². The molecule has 0 radical (unpaired) electrons. The highest BCUT2D eigenvalue weighted by Crippen LogP contribution is 2.21. The molecule has 0 aromatic carbocycles. The molecular weight excluding hydrogens is 292 g/mol. The zero-order valence-corrected chi connectivity index (χ0v) is 14.9. The minimum absolute atomic E-state index is 0.117. The van der Waals surface area contributed by atoms with Crippen LogP contribution in [0.15, 0.2) is 6.07 Å². The van der Waals surface area contributed by atoms with E-state index in [1.165, 1.54) is 0 Å². The molecule has 1 aromatic heterocycles. The van der Waals surface area contributed by atoms with Gasteiger partial charge in [-0.1, -0.05) is 27.7 Å². The average Bonchev–Trinajstić information content (AvgIpc) is 2.55. The smallest absolute Gasteiger partial charge is 0.242 e. The number of morpholine rings is 1. The van der Waals surface area contributed by atoms with Gasteiger partial charge >= 0.3 is 0 Å². The van der Waals surface area contributed by atoms with Gasteiger partial charge in [0.25, 0.3) is 0 Å². The van der Waals surface area contributed by atoms with Gasteiger partial charge in [0, 0.05) is 37.8 Å². The van der Waals surface area contributed by atoms with E-state index in [2.05, 4.69) is 37.7 Å². The lowest BCUT2D eigenvalue weighted by Gasteiger charge is -2.29. The van der Waals surface area contributed by atoms with Gasteiger partial charge in [-0.15, -0.1) is 0 Å². The Balaban J connectivity index is 2.14. The Morgan fingerprint density at radius 3 is 2.43 bits per heavy atom. The van der Waals surface area contributed by atoms with Crippen LogP contribution in [-0.4, -0.2) is 60.7 Å². The van der Waals surface area contributed by atoms with Crippen LogP contribution in [0.2, 0.25) is 0 Å². The van der Waals surface area contributed by atoms with Crippen molar-refractivity contribution >= 4 is 11.7 Å². The third kappa shape index (κ3) is 4.64. The minimum atomic E-state index is 0.117. The van der Waals surface area contributed by atoms with Crippen molar-refractivity contribution in [3.05, 3.63) is 17.6 Å². The number of rotatable bonds is 5.